The van der Waals surface area contributed by atoms with E-state index in [1.165, 1.54) is 0 Å². The van der Waals surface area contributed by atoms with E-state index in [-0.39, 0.29) is 33.9 Å². The average Bonchev–Trinajstić information content (AvgIpc) is 2.76. The van der Waals surface area contributed by atoms with Crippen LogP contribution >= 0.6 is 0 Å². The van der Waals surface area contributed by atoms with Gasteiger partial charge in [0.05, 0.1) is 0 Å². The largest absolute Gasteiger partial charge is 0.490 e. The molecule has 6 heteroatoms. The molecule has 0 N–H and O–H groups in total. The molecule has 0 aromatic heterocycles. The van der Waals surface area contributed by atoms with Gasteiger partial charge < -0.3 is 18.9 Å². The second-order valence-electron chi connectivity index (χ2n) is 6.99. The molecule has 32 heavy (non-hydrogen) atoms. The minimum atomic E-state index is -0.415. The van der Waals surface area contributed by atoms with E-state index >= 15 is 0 Å². The highest BCUT2D eigenvalue weighted by Crippen LogP contribution is 2.18. The molecular formula is C26H32O6. The summed E-state index contributed by atoms with van der Waals surface area (Å²) < 4.78 is 21.1. The number of rotatable bonds is 12. The average molecular weight is 441 g/mol. The van der Waals surface area contributed by atoms with Gasteiger partial charge in [-0.15, -0.1) is 0 Å². The van der Waals surface area contributed by atoms with Crippen molar-refractivity contribution in [1.29, 1.82) is 0 Å². The number of ether oxygens (including phenoxy) is 4. The van der Waals surface area contributed by atoms with Gasteiger partial charge in [0.25, 0.3) is 0 Å². The summed E-state index contributed by atoms with van der Waals surface area (Å²) in [6.07, 6.45) is 0.771. The number of benzene rings is 2. The van der Waals surface area contributed by atoms with E-state index in [4.69, 9.17) is 18.9 Å². The van der Waals surface area contributed by atoms with Crippen LogP contribution < -0.4 is 9.47 Å². The highest BCUT2D eigenvalue weighted by molar-refractivity contribution is 5.87. The molecule has 0 bridgehead atoms. The van der Waals surface area contributed by atoms with Gasteiger partial charge in [-0.1, -0.05) is 44.8 Å². The molecule has 0 fully saturated rings. The molecule has 0 saturated heterocycles. The molecule has 0 unspecified atom stereocenters. The molecule has 2 rings (SSSR count). The van der Waals surface area contributed by atoms with Gasteiger partial charge in [0.15, 0.2) is 0 Å². The Morgan fingerprint density at radius 2 is 1.00 bits per heavy atom. The first-order chi connectivity index (χ1) is 14.8. The second kappa shape index (κ2) is 13.7. The normalized spacial score (nSPS) is 9.81. The van der Waals surface area contributed by atoms with Gasteiger partial charge in [0.2, 0.25) is 0 Å². The van der Waals surface area contributed by atoms with Crippen LogP contribution in [0.15, 0.2) is 72.8 Å². The van der Waals surface area contributed by atoms with E-state index in [2.05, 4.69) is 13.2 Å². The van der Waals surface area contributed by atoms with Crippen LogP contribution in [0.1, 0.15) is 32.4 Å². The smallest absolute Gasteiger partial charge is 0.333 e. The van der Waals surface area contributed by atoms with Crippen LogP contribution in [-0.2, 0) is 25.5 Å². The minimum Gasteiger partial charge on any atom is -0.490 e. The lowest BCUT2D eigenvalue weighted by atomic mass is 10.0. The SMILES string of the molecule is C.C=C(C)C(=O)OCCOc1ccc(Cc2ccc(OCCOC(=O)C(=C)C)cc2)cc1. The van der Waals surface area contributed by atoms with Gasteiger partial charge in [-0.05, 0) is 55.7 Å². The fraction of sp³-hybridized carbons (Fsp3) is 0.308. The molecule has 0 heterocycles. The Labute approximate surface area is 190 Å². The summed E-state index contributed by atoms with van der Waals surface area (Å²) >= 11 is 0. The Morgan fingerprint density at radius 3 is 1.31 bits per heavy atom. The third kappa shape index (κ3) is 9.51. The van der Waals surface area contributed by atoms with Crippen molar-refractivity contribution >= 4 is 11.9 Å². The maximum Gasteiger partial charge on any atom is 0.333 e. The van der Waals surface area contributed by atoms with Crippen molar-refractivity contribution in [3.8, 4) is 11.5 Å². The number of carbonyl (C=O) groups excluding carboxylic acids is 2. The standard InChI is InChI=1S/C25H28O6.CH4/c1-18(2)24(26)30-15-13-28-22-9-5-20(6-10-22)17-21-7-11-23(12-8-21)29-14-16-31-25(27)19(3)4;/h5-12H,1,3,13-17H2,2,4H3;1H4. The van der Waals surface area contributed by atoms with E-state index in [1.54, 1.807) is 13.8 Å². The predicted molar refractivity (Wildman–Crippen MR) is 125 cm³/mol. The Kier molecular flexibility index (Phi) is 11.3. The summed E-state index contributed by atoms with van der Waals surface area (Å²) in [4.78, 5) is 22.6. The summed E-state index contributed by atoms with van der Waals surface area (Å²) in [5, 5.41) is 0. The lowest BCUT2D eigenvalue weighted by Gasteiger charge is -2.09. The number of hydrogen-bond donors (Lipinski definition) is 0. The molecule has 0 saturated carbocycles. The van der Waals surface area contributed by atoms with Crippen molar-refractivity contribution < 1.29 is 28.5 Å². The van der Waals surface area contributed by atoms with Crippen molar-refractivity contribution in [2.45, 2.75) is 27.7 Å². The van der Waals surface area contributed by atoms with Gasteiger partial charge in [-0.3, -0.25) is 0 Å². The van der Waals surface area contributed by atoms with E-state index in [9.17, 15) is 9.59 Å². The molecule has 2 aromatic carbocycles. The van der Waals surface area contributed by atoms with Gasteiger partial charge >= 0.3 is 11.9 Å². The Morgan fingerprint density at radius 1 is 0.656 bits per heavy atom. The first kappa shape index (κ1) is 26.5. The summed E-state index contributed by atoms with van der Waals surface area (Å²) in [5.41, 5.74) is 3.02. The summed E-state index contributed by atoms with van der Waals surface area (Å²) in [7, 11) is 0. The van der Waals surface area contributed by atoms with Crippen LogP contribution in [0.4, 0.5) is 0 Å². The van der Waals surface area contributed by atoms with Crippen molar-refractivity contribution in [3.05, 3.63) is 84.0 Å². The zero-order valence-corrected chi connectivity index (χ0v) is 18.0. The summed E-state index contributed by atoms with van der Waals surface area (Å²) in [6.45, 7) is 11.2. The lowest BCUT2D eigenvalue weighted by molar-refractivity contribution is -0.140. The zero-order valence-electron chi connectivity index (χ0n) is 18.0. The highest BCUT2D eigenvalue weighted by atomic mass is 16.6. The van der Waals surface area contributed by atoms with Gasteiger partial charge in [-0.25, -0.2) is 9.59 Å². The number of hydrogen-bond acceptors (Lipinski definition) is 6. The van der Waals surface area contributed by atoms with Crippen LogP contribution in [0.25, 0.3) is 0 Å². The molecule has 2 aromatic rings. The van der Waals surface area contributed by atoms with Crippen molar-refractivity contribution in [2.24, 2.45) is 0 Å². The van der Waals surface area contributed by atoms with Crippen LogP contribution in [0.5, 0.6) is 11.5 Å². The zero-order chi connectivity index (χ0) is 22.6. The molecule has 0 atom stereocenters. The molecule has 6 nitrogen and oxygen atoms in total. The fourth-order valence-corrected chi connectivity index (χ4v) is 2.48. The molecule has 0 aliphatic carbocycles. The molecule has 0 amide bonds. The Hall–Kier alpha value is -3.54. The van der Waals surface area contributed by atoms with E-state index < -0.39 is 11.9 Å². The van der Waals surface area contributed by atoms with Gasteiger partial charge in [0.1, 0.15) is 37.9 Å². The topological polar surface area (TPSA) is 71.1 Å². The van der Waals surface area contributed by atoms with Crippen molar-refractivity contribution in [2.75, 3.05) is 26.4 Å². The van der Waals surface area contributed by atoms with E-state index in [1.807, 2.05) is 48.5 Å². The highest BCUT2D eigenvalue weighted by Gasteiger charge is 2.04. The summed E-state index contributed by atoms with van der Waals surface area (Å²) in [5.74, 6) is 0.598. The van der Waals surface area contributed by atoms with Crippen LogP contribution in [0, 0.1) is 0 Å². The molecule has 0 spiro atoms. The number of esters is 2. The Bertz CT molecular complexity index is 821. The number of carbonyl (C=O) groups is 2. The van der Waals surface area contributed by atoms with Crippen LogP contribution in [0.2, 0.25) is 0 Å². The van der Waals surface area contributed by atoms with E-state index in [0.29, 0.717) is 22.6 Å². The third-order valence-electron chi connectivity index (χ3n) is 4.12. The Balaban J connectivity index is 0.00000512. The maximum absolute atomic E-state index is 11.3. The fourth-order valence-electron chi connectivity index (χ4n) is 2.48. The van der Waals surface area contributed by atoms with Crippen LogP contribution in [0.3, 0.4) is 0 Å². The molecular weight excluding hydrogens is 408 g/mol. The quantitative estimate of drug-likeness (QED) is 0.265. The predicted octanol–water partition coefficient (Wildman–Crippen LogP) is 4.91. The van der Waals surface area contributed by atoms with Crippen LogP contribution in [-0.4, -0.2) is 38.4 Å². The molecule has 0 aliphatic heterocycles. The lowest BCUT2D eigenvalue weighted by Crippen LogP contribution is -2.12. The molecule has 0 radical (unpaired) electrons. The first-order valence-electron chi connectivity index (χ1n) is 9.94. The first-order valence-corrected chi connectivity index (χ1v) is 9.94. The third-order valence-corrected chi connectivity index (χ3v) is 4.12. The van der Waals surface area contributed by atoms with E-state index in [0.717, 1.165) is 17.5 Å². The van der Waals surface area contributed by atoms with Gasteiger partial charge in [-0.2, -0.15) is 0 Å². The van der Waals surface area contributed by atoms with Crippen molar-refractivity contribution in [3.63, 3.8) is 0 Å². The molecule has 172 valence electrons. The van der Waals surface area contributed by atoms with Gasteiger partial charge in [0, 0.05) is 11.1 Å². The van der Waals surface area contributed by atoms with Crippen molar-refractivity contribution in [1.82, 2.24) is 0 Å². The second-order valence-corrected chi connectivity index (χ2v) is 6.99. The summed E-state index contributed by atoms with van der Waals surface area (Å²) in [6, 6.07) is 15.5. The molecule has 0 aliphatic rings. The monoisotopic (exact) mass is 440 g/mol. The minimum absolute atomic E-state index is 0. The maximum atomic E-state index is 11.3.